The summed E-state index contributed by atoms with van der Waals surface area (Å²) in [5, 5.41) is 21.8. The smallest absolute Gasteiger partial charge is 0.334 e. The van der Waals surface area contributed by atoms with Crippen molar-refractivity contribution in [3.05, 3.63) is 89.5 Å². The van der Waals surface area contributed by atoms with Crippen LogP contribution in [0.4, 0.5) is 4.79 Å². The molecule has 4 rings (SSSR count). The number of hydrogen-bond acceptors (Lipinski definition) is 5. The number of fused-ring (bicyclic) bond motifs is 1. The van der Waals surface area contributed by atoms with Gasteiger partial charge in [0.15, 0.2) is 6.10 Å². The molecule has 0 saturated carbocycles. The molecule has 0 spiro atoms. The van der Waals surface area contributed by atoms with Crippen molar-refractivity contribution in [1.29, 1.82) is 0 Å². The van der Waals surface area contributed by atoms with E-state index < -0.39 is 36.7 Å². The molecule has 210 valence electrons. The Labute approximate surface area is 234 Å². The third kappa shape index (κ3) is 7.70. The normalized spacial score (nSPS) is 13.8. The van der Waals surface area contributed by atoms with Crippen molar-refractivity contribution in [2.75, 3.05) is 13.1 Å². The molecule has 1 aliphatic rings. The highest BCUT2D eigenvalue weighted by Gasteiger charge is 2.29. The summed E-state index contributed by atoms with van der Waals surface area (Å²) in [7, 11) is 0. The first-order valence-corrected chi connectivity index (χ1v) is 13.6. The second-order valence-corrected chi connectivity index (χ2v) is 10.6. The van der Waals surface area contributed by atoms with Crippen LogP contribution in [0.3, 0.4) is 0 Å². The summed E-state index contributed by atoms with van der Waals surface area (Å²) >= 11 is 0. The fourth-order valence-corrected chi connectivity index (χ4v) is 4.90. The molecule has 2 atom stereocenters. The van der Waals surface area contributed by atoms with E-state index in [9.17, 15) is 19.5 Å². The molecule has 2 unspecified atom stereocenters. The number of nitrogens with zero attached hydrogens (tertiary/aromatic N) is 1. The predicted molar refractivity (Wildman–Crippen MR) is 152 cm³/mol. The van der Waals surface area contributed by atoms with Crippen molar-refractivity contribution in [3.8, 4) is 16.9 Å². The molecule has 0 radical (unpaired) electrons. The summed E-state index contributed by atoms with van der Waals surface area (Å²) in [5.41, 5.74) is 5.32. The zero-order valence-electron chi connectivity index (χ0n) is 22.9. The van der Waals surface area contributed by atoms with Gasteiger partial charge in [0.2, 0.25) is 0 Å². The second-order valence-electron chi connectivity index (χ2n) is 10.6. The van der Waals surface area contributed by atoms with Crippen LogP contribution in [0.1, 0.15) is 37.0 Å². The molecule has 1 aliphatic carbocycles. The number of aliphatic hydroxyl groups excluding tert-OH is 1. The van der Waals surface area contributed by atoms with Crippen LogP contribution in [0.15, 0.2) is 72.8 Å². The maximum Gasteiger partial charge on any atom is 0.334 e. The average Bonchev–Trinajstić information content (AvgIpc) is 3.41. The number of carbonyl (C=O) groups excluding carboxylic acids is 2. The fraction of sp³-hybridized carbons (Fsp3) is 0.344. The number of hydrogen-bond donors (Lipinski definition) is 3. The van der Waals surface area contributed by atoms with Crippen molar-refractivity contribution in [2.24, 2.45) is 5.92 Å². The van der Waals surface area contributed by atoms with Crippen LogP contribution >= 0.6 is 0 Å². The van der Waals surface area contributed by atoms with E-state index in [4.69, 9.17) is 9.84 Å². The monoisotopic (exact) mass is 544 g/mol. The quantitative estimate of drug-likeness (QED) is 0.242. The van der Waals surface area contributed by atoms with Gasteiger partial charge in [-0.15, -0.1) is 0 Å². The highest BCUT2D eigenvalue weighted by atomic mass is 16.5. The van der Waals surface area contributed by atoms with E-state index in [1.165, 1.54) is 10.5 Å². The molecule has 0 aromatic heterocycles. The lowest BCUT2D eigenvalue weighted by atomic mass is 10.0. The number of carboxylic acid groups (broad SMARTS) is 1. The van der Waals surface area contributed by atoms with Crippen molar-refractivity contribution in [3.63, 3.8) is 0 Å². The van der Waals surface area contributed by atoms with E-state index in [0.29, 0.717) is 5.75 Å². The lowest BCUT2D eigenvalue weighted by Crippen LogP contribution is -2.53. The number of carbonyl (C=O) groups is 3. The summed E-state index contributed by atoms with van der Waals surface area (Å²) in [6.07, 6.45) is 1.44. The molecule has 8 heteroatoms. The first-order valence-electron chi connectivity index (χ1n) is 13.6. The number of aliphatic carboxylic acids is 1. The molecule has 2 amide bonds. The van der Waals surface area contributed by atoms with Gasteiger partial charge in [-0.2, -0.15) is 0 Å². The van der Waals surface area contributed by atoms with Gasteiger partial charge in [-0.3, -0.25) is 0 Å². The minimum atomic E-state index is -1.74. The van der Waals surface area contributed by atoms with Gasteiger partial charge in [0, 0.05) is 13.0 Å². The number of aryl methyl sites for hydroxylation is 2. The van der Waals surface area contributed by atoms with Crippen LogP contribution in [0.2, 0.25) is 0 Å². The van der Waals surface area contributed by atoms with Gasteiger partial charge in [-0.1, -0.05) is 74.5 Å². The minimum Gasteiger partial charge on any atom is -0.479 e. The van der Waals surface area contributed by atoms with Crippen LogP contribution in [-0.2, 0) is 28.9 Å². The molecule has 0 fully saturated rings. The van der Waals surface area contributed by atoms with Crippen LogP contribution in [0.25, 0.3) is 11.1 Å². The summed E-state index contributed by atoms with van der Waals surface area (Å²) in [4.78, 5) is 39.2. The van der Waals surface area contributed by atoms with Crippen molar-refractivity contribution < 1.29 is 29.3 Å². The lowest BCUT2D eigenvalue weighted by Gasteiger charge is -2.28. The average molecular weight is 545 g/mol. The van der Waals surface area contributed by atoms with Gasteiger partial charge in [0.1, 0.15) is 11.8 Å². The van der Waals surface area contributed by atoms with E-state index in [1.807, 2.05) is 80.6 Å². The molecule has 0 heterocycles. The number of amides is 2. The summed E-state index contributed by atoms with van der Waals surface area (Å²) in [6, 6.07) is 21.6. The minimum absolute atomic E-state index is 0.00842. The van der Waals surface area contributed by atoms with Crippen LogP contribution in [0.5, 0.6) is 5.75 Å². The molecule has 0 saturated heterocycles. The number of carboxylic acids is 1. The van der Waals surface area contributed by atoms with E-state index in [-0.39, 0.29) is 18.9 Å². The number of urea groups is 1. The van der Waals surface area contributed by atoms with Gasteiger partial charge in [0.25, 0.3) is 0 Å². The highest BCUT2D eigenvalue weighted by Crippen LogP contribution is 2.26. The van der Waals surface area contributed by atoms with Gasteiger partial charge < -0.3 is 25.2 Å². The third-order valence-corrected chi connectivity index (χ3v) is 6.92. The van der Waals surface area contributed by atoms with Gasteiger partial charge in [-0.25, -0.2) is 14.4 Å². The van der Waals surface area contributed by atoms with Gasteiger partial charge in [-0.05, 0) is 65.1 Å². The molecule has 0 aliphatic heterocycles. The van der Waals surface area contributed by atoms with Gasteiger partial charge >= 0.3 is 18.0 Å². The largest absolute Gasteiger partial charge is 0.479 e. The fourth-order valence-electron chi connectivity index (χ4n) is 4.90. The molecule has 8 nitrogen and oxygen atoms in total. The Kier molecular flexibility index (Phi) is 9.56. The Morgan fingerprint density at radius 2 is 1.57 bits per heavy atom. The summed E-state index contributed by atoms with van der Waals surface area (Å²) in [6.45, 7) is 3.55. The van der Waals surface area contributed by atoms with Crippen molar-refractivity contribution >= 4 is 18.0 Å². The van der Waals surface area contributed by atoms with Crippen LogP contribution in [0, 0.1) is 5.92 Å². The van der Waals surface area contributed by atoms with Crippen LogP contribution in [-0.4, -0.2) is 58.3 Å². The summed E-state index contributed by atoms with van der Waals surface area (Å²) in [5.74, 6) is -1.62. The number of benzene rings is 3. The Balaban J connectivity index is 1.54. The first-order chi connectivity index (χ1) is 19.2. The molecule has 3 N–H and O–H groups in total. The summed E-state index contributed by atoms with van der Waals surface area (Å²) < 4.78 is 5.73. The van der Waals surface area contributed by atoms with Crippen LogP contribution < -0.4 is 10.1 Å². The Hall–Kier alpha value is -4.17. The maximum absolute atomic E-state index is 13.4. The maximum atomic E-state index is 13.4. The van der Waals surface area contributed by atoms with E-state index in [2.05, 4.69) is 5.32 Å². The molecule has 40 heavy (non-hydrogen) atoms. The molecular formula is C32H36N2O6. The van der Waals surface area contributed by atoms with E-state index in [0.717, 1.165) is 41.5 Å². The highest BCUT2D eigenvalue weighted by molar-refractivity contribution is 5.85. The molecule has 3 aromatic rings. The molecule has 0 bridgehead atoms. The molecular weight excluding hydrogens is 508 g/mol. The Morgan fingerprint density at radius 1 is 0.900 bits per heavy atom. The third-order valence-electron chi connectivity index (χ3n) is 6.92. The topological polar surface area (TPSA) is 116 Å². The second kappa shape index (κ2) is 13.3. The molecule has 3 aromatic carbocycles. The number of ether oxygens (including phenoxy) is 1. The zero-order valence-corrected chi connectivity index (χ0v) is 22.9. The number of rotatable bonds is 11. The Morgan fingerprint density at radius 3 is 2.25 bits per heavy atom. The lowest BCUT2D eigenvalue weighted by molar-refractivity contribution is -0.147. The van der Waals surface area contributed by atoms with E-state index in [1.54, 1.807) is 6.07 Å². The number of esters is 1. The Bertz CT molecular complexity index is 1320. The standard InChI is InChI=1S/C32H36N2O6/c1-21(2)19-34(20-29(35)30(36)37)32(39)33-28(31(38)40-27-16-15-24-9-6-10-26(24)18-27)17-22-11-13-25(14-12-22)23-7-4-3-5-8-23/h3-5,7-8,11-16,18,21,28-29,35H,6,9-10,17,19-20H2,1-2H3,(H,33,39)(H,36,37). The number of nitrogens with one attached hydrogen (secondary N) is 1. The zero-order chi connectivity index (χ0) is 28.6. The van der Waals surface area contributed by atoms with Crippen molar-refractivity contribution in [2.45, 2.75) is 51.7 Å². The SMILES string of the molecule is CC(C)CN(CC(O)C(=O)O)C(=O)NC(Cc1ccc(-c2ccccc2)cc1)C(=O)Oc1ccc2c(c1)CCC2. The first kappa shape index (κ1) is 28.8. The van der Waals surface area contributed by atoms with Crippen molar-refractivity contribution in [1.82, 2.24) is 10.2 Å². The predicted octanol–water partition coefficient (Wildman–Crippen LogP) is 4.47. The number of aliphatic hydroxyl groups is 1. The van der Waals surface area contributed by atoms with Gasteiger partial charge in [0.05, 0.1) is 6.54 Å². The van der Waals surface area contributed by atoms with E-state index >= 15 is 0 Å².